The third kappa shape index (κ3) is 3.11. The summed E-state index contributed by atoms with van der Waals surface area (Å²) in [5.74, 6) is 0.893. The first kappa shape index (κ1) is 12.3. The van der Waals surface area contributed by atoms with E-state index in [2.05, 4.69) is 6.92 Å². The summed E-state index contributed by atoms with van der Waals surface area (Å²) >= 11 is 0. The lowest BCUT2D eigenvalue weighted by Crippen LogP contribution is -2.44. The van der Waals surface area contributed by atoms with E-state index in [1.54, 1.807) is 4.90 Å². The van der Waals surface area contributed by atoms with Gasteiger partial charge in [0.25, 0.3) is 0 Å². The molecule has 0 atom stereocenters. The number of urea groups is 1. The van der Waals surface area contributed by atoms with Gasteiger partial charge in [0, 0.05) is 27.2 Å². The van der Waals surface area contributed by atoms with Gasteiger partial charge in [0.15, 0.2) is 0 Å². The summed E-state index contributed by atoms with van der Waals surface area (Å²) in [4.78, 5) is 15.3. The fourth-order valence-electron chi connectivity index (χ4n) is 2.41. The van der Waals surface area contributed by atoms with Crippen LogP contribution in [0.3, 0.4) is 0 Å². The monoisotopic (exact) mass is 212 g/mol. The Morgan fingerprint density at radius 3 is 2.07 bits per heavy atom. The van der Waals surface area contributed by atoms with Crippen molar-refractivity contribution in [2.75, 3.05) is 21.1 Å². The van der Waals surface area contributed by atoms with Crippen molar-refractivity contribution in [3.8, 4) is 0 Å². The highest BCUT2D eigenvalue weighted by Gasteiger charge is 2.26. The molecule has 0 bridgehead atoms. The minimum absolute atomic E-state index is 0.134. The molecule has 0 heterocycles. The molecule has 0 aromatic heterocycles. The third-order valence-electron chi connectivity index (χ3n) is 3.63. The zero-order chi connectivity index (χ0) is 11.4. The Bertz CT molecular complexity index is 208. The van der Waals surface area contributed by atoms with E-state index in [0.29, 0.717) is 6.04 Å². The molecule has 88 valence electrons. The van der Waals surface area contributed by atoms with E-state index in [1.807, 2.05) is 26.0 Å². The molecular formula is C12H24N2O. The van der Waals surface area contributed by atoms with Crippen molar-refractivity contribution in [3.63, 3.8) is 0 Å². The van der Waals surface area contributed by atoms with Crippen LogP contribution in [0.2, 0.25) is 0 Å². The largest absolute Gasteiger partial charge is 0.331 e. The Morgan fingerprint density at radius 2 is 1.67 bits per heavy atom. The summed E-state index contributed by atoms with van der Waals surface area (Å²) in [5, 5.41) is 0. The van der Waals surface area contributed by atoms with Crippen LogP contribution in [0.25, 0.3) is 0 Å². The fourth-order valence-corrected chi connectivity index (χ4v) is 2.41. The highest BCUT2D eigenvalue weighted by molar-refractivity contribution is 5.73. The Morgan fingerprint density at radius 1 is 1.13 bits per heavy atom. The molecule has 1 saturated carbocycles. The molecule has 0 radical (unpaired) electrons. The second-order valence-electron chi connectivity index (χ2n) is 4.87. The summed E-state index contributed by atoms with van der Waals surface area (Å²) in [7, 11) is 5.56. The SMILES string of the molecule is CCC1CCC(N(C)C(=O)N(C)C)CC1. The normalized spacial score (nSPS) is 26.1. The lowest BCUT2D eigenvalue weighted by Gasteiger charge is -2.35. The first-order valence-corrected chi connectivity index (χ1v) is 6.00. The molecule has 3 nitrogen and oxygen atoms in total. The first-order valence-electron chi connectivity index (χ1n) is 6.00. The Kier molecular flexibility index (Phi) is 4.43. The van der Waals surface area contributed by atoms with Crippen LogP contribution in [0, 0.1) is 5.92 Å². The van der Waals surface area contributed by atoms with Crippen molar-refractivity contribution in [2.24, 2.45) is 5.92 Å². The first-order chi connectivity index (χ1) is 7.06. The van der Waals surface area contributed by atoms with Crippen molar-refractivity contribution < 1.29 is 4.79 Å². The molecule has 3 heteroatoms. The van der Waals surface area contributed by atoms with Gasteiger partial charge in [0.2, 0.25) is 0 Å². The van der Waals surface area contributed by atoms with Gasteiger partial charge in [-0.1, -0.05) is 13.3 Å². The summed E-state index contributed by atoms with van der Waals surface area (Å²) < 4.78 is 0. The molecule has 0 saturated heterocycles. The van der Waals surface area contributed by atoms with Crippen molar-refractivity contribution in [3.05, 3.63) is 0 Å². The molecule has 1 rings (SSSR count). The highest BCUT2D eigenvalue weighted by Crippen LogP contribution is 2.29. The van der Waals surface area contributed by atoms with E-state index in [9.17, 15) is 4.79 Å². The van der Waals surface area contributed by atoms with Crippen LogP contribution in [0.15, 0.2) is 0 Å². The van der Waals surface area contributed by atoms with Crippen LogP contribution in [0.5, 0.6) is 0 Å². The van der Waals surface area contributed by atoms with E-state index in [4.69, 9.17) is 0 Å². The minimum Gasteiger partial charge on any atom is -0.331 e. The maximum Gasteiger partial charge on any atom is 0.319 e. The van der Waals surface area contributed by atoms with Gasteiger partial charge in [0.1, 0.15) is 0 Å². The summed E-state index contributed by atoms with van der Waals surface area (Å²) in [5.41, 5.74) is 0. The lowest BCUT2D eigenvalue weighted by atomic mass is 9.84. The van der Waals surface area contributed by atoms with E-state index in [1.165, 1.54) is 32.1 Å². The predicted octanol–water partition coefficient (Wildman–Crippen LogP) is 2.57. The van der Waals surface area contributed by atoms with Gasteiger partial charge in [0.05, 0.1) is 0 Å². The van der Waals surface area contributed by atoms with Gasteiger partial charge in [-0.2, -0.15) is 0 Å². The van der Waals surface area contributed by atoms with Crippen LogP contribution in [-0.4, -0.2) is 43.0 Å². The molecule has 15 heavy (non-hydrogen) atoms. The Hall–Kier alpha value is -0.730. The van der Waals surface area contributed by atoms with Crippen molar-refractivity contribution in [1.82, 2.24) is 9.80 Å². The standard InChI is InChI=1S/C12H24N2O/c1-5-10-6-8-11(9-7-10)14(4)12(15)13(2)3/h10-11H,5-9H2,1-4H3. The van der Waals surface area contributed by atoms with Crippen LogP contribution >= 0.6 is 0 Å². The Balaban J connectivity index is 2.42. The van der Waals surface area contributed by atoms with Crippen molar-refractivity contribution in [1.29, 1.82) is 0 Å². The van der Waals surface area contributed by atoms with Gasteiger partial charge in [-0.3, -0.25) is 0 Å². The zero-order valence-corrected chi connectivity index (χ0v) is 10.5. The van der Waals surface area contributed by atoms with Crippen molar-refractivity contribution >= 4 is 6.03 Å². The maximum absolute atomic E-state index is 11.7. The molecule has 1 aliphatic carbocycles. The van der Waals surface area contributed by atoms with Gasteiger partial charge in [-0.05, 0) is 31.6 Å². The van der Waals surface area contributed by atoms with Crippen LogP contribution in [0.4, 0.5) is 4.79 Å². The molecule has 0 aromatic rings. The average molecular weight is 212 g/mol. The second kappa shape index (κ2) is 5.38. The van der Waals surface area contributed by atoms with E-state index in [0.717, 1.165) is 5.92 Å². The van der Waals surface area contributed by atoms with Crippen LogP contribution < -0.4 is 0 Å². The lowest BCUT2D eigenvalue weighted by molar-refractivity contribution is 0.139. The summed E-state index contributed by atoms with van der Waals surface area (Å²) in [6.07, 6.45) is 6.21. The number of nitrogens with zero attached hydrogens (tertiary/aromatic N) is 2. The Labute approximate surface area is 93.4 Å². The molecular weight excluding hydrogens is 188 g/mol. The number of carbonyl (C=O) groups excluding carboxylic acids is 1. The molecule has 0 spiro atoms. The van der Waals surface area contributed by atoms with E-state index in [-0.39, 0.29) is 6.03 Å². The molecule has 2 amide bonds. The van der Waals surface area contributed by atoms with E-state index >= 15 is 0 Å². The maximum atomic E-state index is 11.7. The number of hydrogen-bond donors (Lipinski definition) is 0. The zero-order valence-electron chi connectivity index (χ0n) is 10.5. The van der Waals surface area contributed by atoms with Gasteiger partial charge in [-0.15, -0.1) is 0 Å². The smallest absolute Gasteiger partial charge is 0.319 e. The highest BCUT2D eigenvalue weighted by atomic mass is 16.2. The summed E-state index contributed by atoms with van der Waals surface area (Å²) in [6, 6.07) is 0.595. The van der Waals surface area contributed by atoms with Crippen LogP contribution in [0.1, 0.15) is 39.0 Å². The molecule has 0 unspecified atom stereocenters. The molecule has 0 aliphatic heterocycles. The third-order valence-corrected chi connectivity index (χ3v) is 3.63. The molecule has 0 N–H and O–H groups in total. The second-order valence-corrected chi connectivity index (χ2v) is 4.87. The number of hydrogen-bond acceptors (Lipinski definition) is 1. The molecule has 1 aliphatic rings. The summed E-state index contributed by atoms with van der Waals surface area (Å²) in [6.45, 7) is 2.26. The van der Waals surface area contributed by atoms with Gasteiger partial charge in [-0.25, -0.2) is 4.79 Å². The van der Waals surface area contributed by atoms with Gasteiger partial charge < -0.3 is 9.80 Å². The molecule has 1 fully saturated rings. The number of rotatable bonds is 2. The average Bonchev–Trinajstić information content (AvgIpc) is 2.27. The number of amides is 2. The van der Waals surface area contributed by atoms with Crippen molar-refractivity contribution in [2.45, 2.75) is 45.1 Å². The topological polar surface area (TPSA) is 23.6 Å². The quantitative estimate of drug-likeness (QED) is 0.690. The van der Waals surface area contributed by atoms with Gasteiger partial charge >= 0.3 is 6.03 Å². The number of carbonyl (C=O) groups is 1. The van der Waals surface area contributed by atoms with Crippen LogP contribution in [-0.2, 0) is 0 Å². The predicted molar refractivity (Wildman–Crippen MR) is 62.9 cm³/mol. The van der Waals surface area contributed by atoms with E-state index < -0.39 is 0 Å². The molecule has 0 aromatic carbocycles. The fraction of sp³-hybridized carbons (Fsp3) is 0.917. The minimum atomic E-state index is 0.134.